The van der Waals surface area contributed by atoms with Gasteiger partial charge in [0.2, 0.25) is 0 Å². The maximum atomic E-state index is 11.9. The van der Waals surface area contributed by atoms with Crippen LogP contribution in [0.5, 0.6) is 5.75 Å². The van der Waals surface area contributed by atoms with E-state index in [1.165, 1.54) is 36.1 Å². The number of carbonyl (C=O) groups is 2. The van der Waals surface area contributed by atoms with Crippen LogP contribution >= 0.6 is 0 Å². The third kappa shape index (κ3) is 2.98. The first kappa shape index (κ1) is 21.1. The van der Waals surface area contributed by atoms with Crippen LogP contribution < -0.4 is 4.74 Å². The molecule has 0 radical (unpaired) electrons. The SMILES string of the molecule is C/C=C1\CN2CCc3c4n(c5ccc(OC)cc35)C(COC(C)=O)(COC(C)=O)[C@H]1C[C@@H]42. The lowest BCUT2D eigenvalue weighted by molar-refractivity contribution is -0.155. The third-order valence-corrected chi connectivity index (χ3v) is 7.53. The van der Waals surface area contributed by atoms with E-state index in [1.807, 2.05) is 6.07 Å². The Balaban J connectivity index is 1.82. The molecule has 3 aliphatic rings. The van der Waals surface area contributed by atoms with Gasteiger partial charge in [-0.15, -0.1) is 0 Å². The summed E-state index contributed by atoms with van der Waals surface area (Å²) in [7, 11) is 1.68. The summed E-state index contributed by atoms with van der Waals surface area (Å²) in [5, 5.41) is 1.17. The van der Waals surface area contributed by atoms with E-state index >= 15 is 0 Å². The number of methoxy groups -OCH3 is 1. The standard InChI is InChI=1S/C25H30N2O5/c1-5-17-12-26-9-8-19-20-10-18(30-4)6-7-22(20)27-24(19)23(26)11-21(17)25(27,13-31-15(2)28)14-32-16(3)29/h5-7,10,21,23H,8-9,11-14H2,1-4H3/b17-5+/t21-,23-/m0/s1. The second-order valence-electron chi connectivity index (χ2n) is 9.13. The summed E-state index contributed by atoms with van der Waals surface area (Å²) in [6.45, 7) is 7.15. The lowest BCUT2D eigenvalue weighted by atomic mass is 9.68. The van der Waals surface area contributed by atoms with Gasteiger partial charge in [-0.1, -0.05) is 11.6 Å². The van der Waals surface area contributed by atoms with Crippen molar-refractivity contribution in [1.82, 2.24) is 9.47 Å². The molecule has 0 spiro atoms. The van der Waals surface area contributed by atoms with Crippen molar-refractivity contribution in [2.75, 3.05) is 33.4 Å². The monoisotopic (exact) mass is 438 g/mol. The molecular formula is C25H30N2O5. The van der Waals surface area contributed by atoms with Crippen LogP contribution in [0.1, 0.15) is 44.5 Å². The summed E-state index contributed by atoms with van der Waals surface area (Å²) in [5.74, 6) is 0.256. The van der Waals surface area contributed by atoms with Crippen LogP contribution in [0, 0.1) is 5.92 Å². The van der Waals surface area contributed by atoms with Crippen molar-refractivity contribution >= 4 is 22.8 Å². The van der Waals surface area contributed by atoms with Gasteiger partial charge in [0.05, 0.1) is 13.2 Å². The molecule has 1 aromatic carbocycles. The Hall–Kier alpha value is -2.80. The second-order valence-corrected chi connectivity index (χ2v) is 9.13. The molecule has 0 amide bonds. The van der Waals surface area contributed by atoms with Gasteiger partial charge in [-0.2, -0.15) is 0 Å². The maximum Gasteiger partial charge on any atom is 0.302 e. The predicted molar refractivity (Wildman–Crippen MR) is 120 cm³/mol. The van der Waals surface area contributed by atoms with Crippen molar-refractivity contribution in [2.24, 2.45) is 5.92 Å². The Morgan fingerprint density at radius 1 is 1.19 bits per heavy atom. The Morgan fingerprint density at radius 2 is 1.91 bits per heavy atom. The number of allylic oxidation sites excluding steroid dienone is 1. The number of aromatic nitrogens is 1. The highest BCUT2D eigenvalue weighted by molar-refractivity contribution is 5.88. The largest absolute Gasteiger partial charge is 0.497 e. The van der Waals surface area contributed by atoms with Crippen molar-refractivity contribution in [3.8, 4) is 5.75 Å². The zero-order valence-electron chi connectivity index (χ0n) is 19.1. The molecule has 7 nitrogen and oxygen atoms in total. The van der Waals surface area contributed by atoms with Crippen LogP contribution in [0.3, 0.4) is 0 Å². The van der Waals surface area contributed by atoms with Gasteiger partial charge in [0, 0.05) is 49.5 Å². The first-order valence-corrected chi connectivity index (χ1v) is 11.3. The van der Waals surface area contributed by atoms with Gasteiger partial charge in [0.25, 0.3) is 0 Å². The van der Waals surface area contributed by atoms with Crippen molar-refractivity contribution in [1.29, 1.82) is 0 Å². The molecule has 1 aromatic heterocycles. The van der Waals surface area contributed by atoms with Crippen LogP contribution in [0.4, 0.5) is 0 Å². The molecule has 2 aromatic rings. The minimum atomic E-state index is -0.695. The highest BCUT2D eigenvalue weighted by atomic mass is 16.5. The van der Waals surface area contributed by atoms with E-state index in [4.69, 9.17) is 14.2 Å². The Labute approximate surface area is 187 Å². The van der Waals surface area contributed by atoms with Crippen LogP contribution in [-0.2, 0) is 31.0 Å². The zero-order chi connectivity index (χ0) is 22.6. The third-order valence-electron chi connectivity index (χ3n) is 7.53. The molecule has 0 unspecified atom stereocenters. The van der Waals surface area contributed by atoms with E-state index in [2.05, 4.69) is 34.6 Å². The minimum Gasteiger partial charge on any atom is -0.497 e. The fourth-order valence-electron chi connectivity index (χ4n) is 6.17. The van der Waals surface area contributed by atoms with Crippen LogP contribution in [0.2, 0.25) is 0 Å². The Bertz CT molecular complexity index is 1110. The summed E-state index contributed by atoms with van der Waals surface area (Å²) in [6.07, 6.45) is 4.05. The molecule has 2 atom stereocenters. The Kier molecular flexibility index (Phi) is 5.04. The van der Waals surface area contributed by atoms with Crippen molar-refractivity contribution in [3.63, 3.8) is 0 Å². The number of hydrogen-bond donors (Lipinski definition) is 0. The fourth-order valence-corrected chi connectivity index (χ4v) is 6.17. The summed E-state index contributed by atoms with van der Waals surface area (Å²) in [6, 6.07) is 6.46. The zero-order valence-corrected chi connectivity index (χ0v) is 19.1. The predicted octanol–water partition coefficient (Wildman–Crippen LogP) is 3.35. The number of esters is 2. The normalized spacial score (nSPS) is 24.4. The quantitative estimate of drug-likeness (QED) is 0.527. The number of piperidine rings is 1. The smallest absolute Gasteiger partial charge is 0.302 e. The molecule has 7 heteroatoms. The van der Waals surface area contributed by atoms with Crippen molar-refractivity contribution < 1.29 is 23.8 Å². The van der Waals surface area contributed by atoms with Gasteiger partial charge in [0.1, 0.15) is 24.5 Å². The number of rotatable bonds is 5. The average molecular weight is 439 g/mol. The highest BCUT2D eigenvalue weighted by Crippen LogP contribution is 2.55. The first-order valence-electron chi connectivity index (χ1n) is 11.3. The highest BCUT2D eigenvalue weighted by Gasteiger charge is 2.56. The van der Waals surface area contributed by atoms with Gasteiger partial charge in [0.15, 0.2) is 0 Å². The molecular weight excluding hydrogens is 408 g/mol. The minimum absolute atomic E-state index is 0.101. The molecule has 0 saturated carbocycles. The van der Waals surface area contributed by atoms with Gasteiger partial charge in [-0.25, -0.2) is 0 Å². The first-order chi connectivity index (χ1) is 15.4. The number of hydrogen-bond acceptors (Lipinski definition) is 6. The lowest BCUT2D eigenvalue weighted by Crippen LogP contribution is -2.60. The fraction of sp³-hybridized carbons (Fsp3) is 0.520. The van der Waals surface area contributed by atoms with Crippen LogP contribution in [0.25, 0.3) is 10.9 Å². The number of fused-ring (bicyclic) bond motifs is 4. The van der Waals surface area contributed by atoms with E-state index in [1.54, 1.807) is 7.11 Å². The lowest BCUT2D eigenvalue weighted by Gasteiger charge is -2.56. The topological polar surface area (TPSA) is 70.0 Å². The van der Waals surface area contributed by atoms with E-state index in [0.717, 1.165) is 37.2 Å². The summed E-state index contributed by atoms with van der Waals surface area (Å²) in [5.41, 5.74) is 4.29. The van der Waals surface area contributed by atoms with E-state index in [-0.39, 0.29) is 31.1 Å². The van der Waals surface area contributed by atoms with Gasteiger partial charge in [-0.3, -0.25) is 14.5 Å². The molecule has 3 aliphatic heterocycles. The molecule has 5 rings (SSSR count). The molecule has 1 saturated heterocycles. The number of ether oxygens (including phenoxy) is 3. The molecule has 0 N–H and O–H groups in total. The van der Waals surface area contributed by atoms with Crippen molar-refractivity contribution in [2.45, 2.75) is 45.2 Å². The second kappa shape index (κ2) is 7.66. The molecule has 0 aliphatic carbocycles. The van der Waals surface area contributed by atoms with E-state index in [9.17, 15) is 9.59 Å². The summed E-state index contributed by atoms with van der Waals surface area (Å²) >= 11 is 0. The molecule has 4 heterocycles. The van der Waals surface area contributed by atoms with Gasteiger partial charge >= 0.3 is 11.9 Å². The molecule has 2 bridgehead atoms. The van der Waals surface area contributed by atoms with Crippen LogP contribution in [0.15, 0.2) is 29.8 Å². The van der Waals surface area contributed by atoms with Gasteiger partial charge < -0.3 is 18.8 Å². The number of nitrogens with zero attached hydrogens (tertiary/aromatic N) is 2. The van der Waals surface area contributed by atoms with E-state index in [0.29, 0.717) is 6.04 Å². The molecule has 32 heavy (non-hydrogen) atoms. The maximum absolute atomic E-state index is 11.9. The van der Waals surface area contributed by atoms with Crippen molar-refractivity contribution in [3.05, 3.63) is 41.1 Å². The summed E-state index contributed by atoms with van der Waals surface area (Å²) in [4.78, 5) is 26.4. The molecule has 170 valence electrons. The number of carbonyl (C=O) groups excluding carboxylic acids is 2. The van der Waals surface area contributed by atoms with Crippen LogP contribution in [-0.4, -0.2) is 54.8 Å². The van der Waals surface area contributed by atoms with Gasteiger partial charge in [-0.05, 0) is 43.5 Å². The molecule has 1 fully saturated rings. The summed E-state index contributed by atoms with van der Waals surface area (Å²) < 4.78 is 19.3. The average Bonchev–Trinajstić information content (AvgIpc) is 3.12. The Morgan fingerprint density at radius 3 is 2.53 bits per heavy atom. The van der Waals surface area contributed by atoms with E-state index < -0.39 is 5.54 Å². The number of benzene rings is 1.